The molecule has 2 fully saturated rings. The molecule has 0 spiro atoms. The minimum absolute atomic E-state index is 0.00753. The molecule has 0 atom stereocenters. The molecule has 3 amide bonds. The Kier molecular flexibility index (Phi) is 4.72. The number of nitrogens with zero attached hydrogens (tertiary/aromatic N) is 2. The van der Waals surface area contributed by atoms with Crippen LogP contribution in [0, 0.1) is 0 Å². The summed E-state index contributed by atoms with van der Waals surface area (Å²) < 4.78 is 5.50. The molecule has 1 aromatic heterocycles. The first kappa shape index (κ1) is 17.1. The van der Waals surface area contributed by atoms with E-state index in [1.165, 1.54) is 16.4 Å². The lowest BCUT2D eigenvalue weighted by Gasteiger charge is -2.33. The smallest absolute Gasteiger partial charge is 0.229 e. The third kappa shape index (κ3) is 3.35. The summed E-state index contributed by atoms with van der Waals surface area (Å²) in [4.78, 5) is 37.6. The van der Waals surface area contributed by atoms with E-state index in [4.69, 9.17) is 0 Å². The summed E-state index contributed by atoms with van der Waals surface area (Å²) in [5.74, 6) is -0.103. The van der Waals surface area contributed by atoms with Gasteiger partial charge in [-0.15, -0.1) is 0 Å². The van der Waals surface area contributed by atoms with Gasteiger partial charge in [-0.3, -0.25) is 19.3 Å². The van der Waals surface area contributed by atoms with Crippen LogP contribution in [0.4, 0.5) is 0 Å². The van der Waals surface area contributed by atoms with E-state index in [0.717, 1.165) is 41.5 Å². The average molecular weight is 371 g/mol. The number of hydrogen-bond acceptors (Lipinski definition) is 5. The highest BCUT2D eigenvalue weighted by Gasteiger charge is 2.37. The predicted octanol–water partition coefficient (Wildman–Crippen LogP) is 2.42. The van der Waals surface area contributed by atoms with Crippen molar-refractivity contribution in [3.63, 3.8) is 0 Å². The summed E-state index contributed by atoms with van der Waals surface area (Å²) in [7, 11) is 0. The summed E-state index contributed by atoms with van der Waals surface area (Å²) in [6.45, 7) is 0. The molecule has 136 valence electrons. The molecule has 1 aliphatic carbocycles. The molecule has 6 nitrogen and oxygen atoms in total. The SMILES string of the molecule is O=C(Cc1nsc2ccccc12)NC1CCC(N2C(=O)CCC2=O)CC1. The number of imide groups is 1. The Labute approximate surface area is 155 Å². The summed E-state index contributed by atoms with van der Waals surface area (Å²) in [5.41, 5.74) is 0.824. The third-order valence-electron chi connectivity index (χ3n) is 5.30. The molecule has 2 heterocycles. The van der Waals surface area contributed by atoms with E-state index in [1.54, 1.807) is 0 Å². The van der Waals surface area contributed by atoms with Gasteiger partial charge in [0.1, 0.15) is 0 Å². The van der Waals surface area contributed by atoms with Crippen molar-refractivity contribution in [3.8, 4) is 0 Å². The van der Waals surface area contributed by atoms with E-state index in [1.807, 2.05) is 24.3 Å². The number of carbonyl (C=O) groups excluding carboxylic acids is 3. The highest BCUT2D eigenvalue weighted by Crippen LogP contribution is 2.28. The summed E-state index contributed by atoms with van der Waals surface area (Å²) in [6, 6.07) is 8.05. The van der Waals surface area contributed by atoms with E-state index in [2.05, 4.69) is 9.69 Å². The van der Waals surface area contributed by atoms with Crippen molar-refractivity contribution in [1.29, 1.82) is 0 Å². The van der Waals surface area contributed by atoms with Crippen molar-refractivity contribution < 1.29 is 14.4 Å². The van der Waals surface area contributed by atoms with Gasteiger partial charge >= 0.3 is 0 Å². The number of likely N-dealkylation sites (tertiary alicyclic amines) is 1. The van der Waals surface area contributed by atoms with Crippen LogP contribution in [-0.4, -0.2) is 39.1 Å². The first-order chi connectivity index (χ1) is 12.6. The van der Waals surface area contributed by atoms with Gasteiger partial charge in [0.25, 0.3) is 0 Å². The van der Waals surface area contributed by atoms with Crippen molar-refractivity contribution in [3.05, 3.63) is 30.0 Å². The van der Waals surface area contributed by atoms with Gasteiger partial charge in [-0.05, 0) is 43.3 Å². The van der Waals surface area contributed by atoms with Crippen LogP contribution in [0.2, 0.25) is 0 Å². The Morgan fingerprint density at radius 1 is 1.12 bits per heavy atom. The number of rotatable bonds is 4. The van der Waals surface area contributed by atoms with Gasteiger partial charge in [-0.2, -0.15) is 4.37 Å². The van der Waals surface area contributed by atoms with Crippen molar-refractivity contribution in [2.75, 3.05) is 0 Å². The number of fused-ring (bicyclic) bond motifs is 1. The number of amides is 3. The quantitative estimate of drug-likeness (QED) is 0.837. The fourth-order valence-corrected chi connectivity index (χ4v) is 4.77. The fourth-order valence-electron chi connectivity index (χ4n) is 3.98. The van der Waals surface area contributed by atoms with Crippen LogP contribution >= 0.6 is 11.5 Å². The lowest BCUT2D eigenvalue weighted by Crippen LogP contribution is -2.46. The Hall–Kier alpha value is -2.28. The van der Waals surface area contributed by atoms with Gasteiger partial charge in [0.05, 0.1) is 16.8 Å². The first-order valence-electron chi connectivity index (χ1n) is 9.09. The van der Waals surface area contributed by atoms with Gasteiger partial charge in [0.2, 0.25) is 17.7 Å². The monoisotopic (exact) mass is 371 g/mol. The van der Waals surface area contributed by atoms with Crippen LogP contribution in [0.15, 0.2) is 24.3 Å². The second kappa shape index (κ2) is 7.15. The Bertz CT molecular complexity index is 839. The largest absolute Gasteiger partial charge is 0.353 e. The summed E-state index contributed by atoms with van der Waals surface area (Å²) in [5, 5.41) is 4.14. The maximum absolute atomic E-state index is 12.4. The van der Waals surface area contributed by atoms with Crippen LogP contribution in [0.5, 0.6) is 0 Å². The molecule has 1 N–H and O–H groups in total. The highest BCUT2D eigenvalue weighted by molar-refractivity contribution is 7.13. The molecule has 26 heavy (non-hydrogen) atoms. The second-order valence-corrected chi connectivity index (χ2v) is 7.84. The van der Waals surface area contributed by atoms with Crippen LogP contribution < -0.4 is 5.32 Å². The van der Waals surface area contributed by atoms with E-state index in [9.17, 15) is 14.4 Å². The van der Waals surface area contributed by atoms with Crippen molar-refractivity contribution in [2.24, 2.45) is 0 Å². The Morgan fingerprint density at radius 3 is 2.54 bits per heavy atom. The second-order valence-electron chi connectivity index (χ2n) is 7.03. The molecular formula is C19H21N3O3S. The molecule has 1 aliphatic heterocycles. The van der Waals surface area contributed by atoms with Crippen LogP contribution in [0.1, 0.15) is 44.2 Å². The van der Waals surface area contributed by atoms with E-state index < -0.39 is 0 Å². The number of aromatic nitrogens is 1. The van der Waals surface area contributed by atoms with Gasteiger partial charge in [-0.25, -0.2) is 0 Å². The summed E-state index contributed by atoms with van der Waals surface area (Å²) in [6.07, 6.45) is 4.10. The van der Waals surface area contributed by atoms with Gasteiger partial charge in [-0.1, -0.05) is 18.2 Å². The van der Waals surface area contributed by atoms with E-state index in [0.29, 0.717) is 12.8 Å². The van der Waals surface area contributed by atoms with Crippen molar-refractivity contribution in [1.82, 2.24) is 14.6 Å². The lowest BCUT2D eigenvalue weighted by molar-refractivity contribution is -0.142. The normalized spacial score (nSPS) is 23.6. The van der Waals surface area contributed by atoms with E-state index in [-0.39, 0.29) is 36.2 Å². The van der Waals surface area contributed by atoms with Crippen molar-refractivity contribution in [2.45, 2.75) is 57.0 Å². The van der Waals surface area contributed by atoms with E-state index >= 15 is 0 Å². The van der Waals surface area contributed by atoms with Crippen LogP contribution in [-0.2, 0) is 20.8 Å². The van der Waals surface area contributed by atoms with Crippen LogP contribution in [0.25, 0.3) is 10.1 Å². The molecule has 4 rings (SSSR count). The molecule has 2 aromatic rings. The number of nitrogens with one attached hydrogen (secondary N) is 1. The molecule has 0 bridgehead atoms. The number of hydrogen-bond donors (Lipinski definition) is 1. The van der Waals surface area contributed by atoms with Gasteiger partial charge < -0.3 is 5.32 Å². The zero-order chi connectivity index (χ0) is 18.1. The molecule has 0 unspecified atom stereocenters. The lowest BCUT2D eigenvalue weighted by atomic mass is 9.90. The third-order valence-corrected chi connectivity index (χ3v) is 6.16. The zero-order valence-electron chi connectivity index (χ0n) is 14.4. The van der Waals surface area contributed by atoms with Gasteiger partial charge in [0.15, 0.2) is 0 Å². The topological polar surface area (TPSA) is 79.4 Å². The zero-order valence-corrected chi connectivity index (χ0v) is 15.3. The Balaban J connectivity index is 1.31. The molecule has 2 aliphatic rings. The predicted molar refractivity (Wildman–Crippen MR) is 98.6 cm³/mol. The maximum atomic E-state index is 12.4. The van der Waals surface area contributed by atoms with Crippen molar-refractivity contribution >= 4 is 39.3 Å². The molecule has 0 radical (unpaired) electrons. The number of carbonyl (C=O) groups is 3. The molecular weight excluding hydrogens is 350 g/mol. The van der Waals surface area contributed by atoms with Gasteiger partial charge in [0, 0.05) is 30.3 Å². The first-order valence-corrected chi connectivity index (χ1v) is 9.86. The minimum Gasteiger partial charge on any atom is -0.353 e. The van der Waals surface area contributed by atoms with Crippen LogP contribution in [0.3, 0.4) is 0 Å². The molecule has 1 saturated carbocycles. The number of benzene rings is 1. The maximum Gasteiger partial charge on any atom is 0.229 e. The highest BCUT2D eigenvalue weighted by atomic mass is 32.1. The minimum atomic E-state index is -0.0436. The molecule has 7 heteroatoms. The Morgan fingerprint density at radius 2 is 1.81 bits per heavy atom. The molecule has 1 aromatic carbocycles. The fraction of sp³-hybridized carbons (Fsp3) is 0.474. The summed E-state index contributed by atoms with van der Waals surface area (Å²) >= 11 is 1.42. The molecule has 1 saturated heterocycles. The average Bonchev–Trinajstić information content (AvgIpc) is 3.19. The standard InChI is InChI=1S/C19H21N3O3S/c23-17(11-15-14-3-1-2-4-16(14)26-21-15)20-12-5-7-13(8-6-12)22-18(24)9-10-19(22)25/h1-4,12-13H,5-11H2,(H,20,23).